The molecule has 1 N–H and O–H groups in total. The summed E-state index contributed by atoms with van der Waals surface area (Å²) in [7, 11) is -3.77. The van der Waals surface area contributed by atoms with Crippen LogP contribution in [0.1, 0.15) is 10.4 Å². The van der Waals surface area contributed by atoms with Gasteiger partial charge in [-0.3, -0.25) is 4.98 Å². The van der Waals surface area contributed by atoms with Crippen LogP contribution in [-0.4, -0.2) is 53.4 Å². The summed E-state index contributed by atoms with van der Waals surface area (Å²) >= 11 is 1.71. The van der Waals surface area contributed by atoms with Gasteiger partial charge in [0.1, 0.15) is 0 Å². The third kappa shape index (κ3) is 3.50. The smallest absolute Gasteiger partial charge is 0.335 e. The van der Waals surface area contributed by atoms with Crippen molar-refractivity contribution in [1.82, 2.24) is 9.29 Å². The third-order valence-corrected chi connectivity index (χ3v) is 7.52. The Kier molecular flexibility index (Phi) is 5.09. The molecule has 1 aromatic heterocycles. The number of sulfonamides is 1. The van der Waals surface area contributed by atoms with Crippen LogP contribution in [0.25, 0.3) is 22.0 Å². The Balaban J connectivity index is 1.90. The predicted octanol–water partition coefficient (Wildman–Crippen LogP) is 3.34. The second kappa shape index (κ2) is 7.54. The summed E-state index contributed by atoms with van der Waals surface area (Å²) in [6.07, 6.45) is 1.66. The maximum absolute atomic E-state index is 13.1. The number of aromatic nitrogens is 1. The molecule has 0 atom stereocenters. The molecule has 1 fully saturated rings. The van der Waals surface area contributed by atoms with E-state index in [9.17, 15) is 18.3 Å². The molecule has 2 aromatic carbocycles. The van der Waals surface area contributed by atoms with E-state index in [4.69, 9.17) is 0 Å². The minimum Gasteiger partial charge on any atom is -0.478 e. The fourth-order valence-electron chi connectivity index (χ4n) is 3.30. The molecule has 8 heteroatoms. The number of carboxylic acid groups (broad SMARTS) is 1. The van der Waals surface area contributed by atoms with Crippen LogP contribution >= 0.6 is 11.8 Å². The van der Waals surface area contributed by atoms with Gasteiger partial charge in [-0.15, -0.1) is 0 Å². The quantitative estimate of drug-likeness (QED) is 0.705. The molecule has 3 aromatic rings. The zero-order chi connectivity index (χ0) is 19.7. The van der Waals surface area contributed by atoms with Gasteiger partial charge >= 0.3 is 5.97 Å². The second-order valence-electron chi connectivity index (χ2n) is 6.45. The Hall–Kier alpha value is -2.42. The number of carboxylic acids is 1. The van der Waals surface area contributed by atoms with Crippen LogP contribution in [-0.2, 0) is 10.0 Å². The van der Waals surface area contributed by atoms with Crippen molar-refractivity contribution in [3.05, 3.63) is 60.3 Å². The molecule has 0 amide bonds. The summed E-state index contributed by atoms with van der Waals surface area (Å²) < 4.78 is 27.7. The number of pyridine rings is 1. The summed E-state index contributed by atoms with van der Waals surface area (Å²) in [6.45, 7) is 0.852. The van der Waals surface area contributed by atoms with E-state index in [2.05, 4.69) is 4.98 Å². The van der Waals surface area contributed by atoms with Crippen molar-refractivity contribution in [3.63, 3.8) is 0 Å². The predicted molar refractivity (Wildman–Crippen MR) is 110 cm³/mol. The standard InChI is InChI=1S/C20H18N2O4S2/c23-20(24)16-11-15(18-5-1-3-14-4-2-6-21-19(14)18)12-17(13-16)28(25,26)22-7-9-27-10-8-22/h1-6,11-13H,7-10H2,(H,23,24). The number of carbonyl (C=O) groups is 1. The van der Waals surface area contributed by atoms with Gasteiger partial charge in [0, 0.05) is 41.7 Å². The van der Waals surface area contributed by atoms with Crippen molar-refractivity contribution in [2.75, 3.05) is 24.6 Å². The van der Waals surface area contributed by atoms with E-state index in [-0.39, 0.29) is 10.5 Å². The molecule has 1 aliphatic heterocycles. The van der Waals surface area contributed by atoms with Crippen LogP contribution in [0.3, 0.4) is 0 Å². The first-order valence-electron chi connectivity index (χ1n) is 8.77. The lowest BCUT2D eigenvalue weighted by Gasteiger charge is -2.26. The lowest BCUT2D eigenvalue weighted by molar-refractivity contribution is 0.0696. The lowest BCUT2D eigenvalue weighted by Crippen LogP contribution is -2.37. The molecule has 1 saturated heterocycles. The molecule has 0 radical (unpaired) electrons. The van der Waals surface area contributed by atoms with Crippen molar-refractivity contribution in [3.8, 4) is 11.1 Å². The minimum atomic E-state index is -3.77. The van der Waals surface area contributed by atoms with E-state index >= 15 is 0 Å². The van der Waals surface area contributed by atoms with Crippen molar-refractivity contribution in [2.24, 2.45) is 0 Å². The highest BCUT2D eigenvalue weighted by Gasteiger charge is 2.27. The van der Waals surface area contributed by atoms with Gasteiger partial charge in [-0.25, -0.2) is 13.2 Å². The summed E-state index contributed by atoms with van der Waals surface area (Å²) in [5.41, 5.74) is 1.86. The highest BCUT2D eigenvalue weighted by atomic mass is 32.2. The van der Waals surface area contributed by atoms with Crippen molar-refractivity contribution >= 4 is 38.7 Å². The highest BCUT2D eigenvalue weighted by molar-refractivity contribution is 7.99. The van der Waals surface area contributed by atoms with Crippen molar-refractivity contribution < 1.29 is 18.3 Å². The van der Waals surface area contributed by atoms with Crippen LogP contribution in [0.4, 0.5) is 0 Å². The average molecular weight is 415 g/mol. The molecule has 2 heterocycles. The average Bonchev–Trinajstić information content (AvgIpc) is 2.73. The van der Waals surface area contributed by atoms with E-state index in [1.165, 1.54) is 16.4 Å². The Morgan fingerprint density at radius 2 is 1.82 bits per heavy atom. The Morgan fingerprint density at radius 3 is 2.57 bits per heavy atom. The van der Waals surface area contributed by atoms with E-state index in [1.807, 2.05) is 30.3 Å². The van der Waals surface area contributed by atoms with Gasteiger partial charge in [-0.2, -0.15) is 16.1 Å². The van der Waals surface area contributed by atoms with Gasteiger partial charge in [0.25, 0.3) is 0 Å². The monoisotopic (exact) mass is 414 g/mol. The van der Waals surface area contributed by atoms with Crippen LogP contribution in [0, 0.1) is 0 Å². The zero-order valence-corrected chi connectivity index (χ0v) is 16.5. The van der Waals surface area contributed by atoms with Gasteiger partial charge in [0.15, 0.2) is 0 Å². The van der Waals surface area contributed by atoms with E-state index < -0.39 is 16.0 Å². The fraction of sp³-hybridized carbons (Fsp3) is 0.200. The van der Waals surface area contributed by atoms with Gasteiger partial charge in [-0.05, 0) is 29.8 Å². The van der Waals surface area contributed by atoms with Gasteiger partial charge < -0.3 is 5.11 Å². The maximum atomic E-state index is 13.1. The number of hydrogen-bond donors (Lipinski definition) is 1. The van der Waals surface area contributed by atoms with Crippen LogP contribution < -0.4 is 0 Å². The number of rotatable bonds is 4. The Bertz CT molecular complexity index is 1150. The molecule has 6 nitrogen and oxygen atoms in total. The first kappa shape index (κ1) is 18.9. The third-order valence-electron chi connectivity index (χ3n) is 4.71. The molecular weight excluding hydrogens is 396 g/mol. The molecule has 0 aliphatic carbocycles. The number of para-hydroxylation sites is 1. The fourth-order valence-corrected chi connectivity index (χ4v) is 5.95. The number of benzene rings is 2. The number of thioether (sulfide) groups is 1. The van der Waals surface area contributed by atoms with Gasteiger partial charge in [-0.1, -0.05) is 24.3 Å². The lowest BCUT2D eigenvalue weighted by atomic mass is 10.00. The van der Waals surface area contributed by atoms with Crippen molar-refractivity contribution in [1.29, 1.82) is 0 Å². The second-order valence-corrected chi connectivity index (χ2v) is 9.61. The SMILES string of the molecule is O=C(O)c1cc(-c2cccc3cccnc23)cc(S(=O)(=O)N2CCSCC2)c1. The molecule has 1 aliphatic rings. The van der Waals surface area contributed by atoms with Gasteiger partial charge in [0.2, 0.25) is 10.0 Å². The Labute approximate surface area is 167 Å². The van der Waals surface area contributed by atoms with E-state index in [0.717, 1.165) is 16.9 Å². The summed E-state index contributed by atoms with van der Waals surface area (Å²) in [6, 6.07) is 13.6. The van der Waals surface area contributed by atoms with E-state index in [0.29, 0.717) is 29.7 Å². The summed E-state index contributed by atoms with van der Waals surface area (Å²) in [5.74, 6) is 0.302. The highest BCUT2D eigenvalue weighted by Crippen LogP contribution is 2.31. The number of fused-ring (bicyclic) bond motifs is 1. The summed E-state index contributed by atoms with van der Waals surface area (Å²) in [5, 5.41) is 10.4. The van der Waals surface area contributed by atoms with Crippen LogP contribution in [0.2, 0.25) is 0 Å². The molecule has 4 rings (SSSR count). The first-order chi connectivity index (χ1) is 13.5. The first-order valence-corrected chi connectivity index (χ1v) is 11.4. The number of hydrogen-bond acceptors (Lipinski definition) is 5. The molecule has 0 unspecified atom stereocenters. The molecular formula is C20H18N2O4S2. The minimum absolute atomic E-state index is 0.00207. The molecule has 0 saturated carbocycles. The van der Waals surface area contributed by atoms with Crippen molar-refractivity contribution in [2.45, 2.75) is 4.90 Å². The molecule has 144 valence electrons. The zero-order valence-electron chi connectivity index (χ0n) is 14.9. The van der Waals surface area contributed by atoms with E-state index in [1.54, 1.807) is 24.0 Å². The van der Waals surface area contributed by atoms with Gasteiger partial charge in [0.05, 0.1) is 16.0 Å². The summed E-state index contributed by atoms with van der Waals surface area (Å²) in [4.78, 5) is 16.1. The van der Waals surface area contributed by atoms with Crippen LogP contribution in [0.15, 0.2) is 59.6 Å². The molecule has 0 bridgehead atoms. The molecule has 28 heavy (non-hydrogen) atoms. The molecule has 0 spiro atoms. The normalized spacial score (nSPS) is 15.6. The largest absolute Gasteiger partial charge is 0.478 e. The van der Waals surface area contributed by atoms with Crippen LogP contribution in [0.5, 0.6) is 0 Å². The Morgan fingerprint density at radius 1 is 1.07 bits per heavy atom. The maximum Gasteiger partial charge on any atom is 0.335 e. The topological polar surface area (TPSA) is 87.6 Å². The number of aromatic carboxylic acids is 1. The number of nitrogens with zero attached hydrogens (tertiary/aromatic N) is 2.